The summed E-state index contributed by atoms with van der Waals surface area (Å²) in [5.41, 5.74) is 1.89. The van der Waals surface area contributed by atoms with E-state index in [-0.39, 0.29) is 16.8 Å². The van der Waals surface area contributed by atoms with Gasteiger partial charge in [0.1, 0.15) is 17.2 Å². The van der Waals surface area contributed by atoms with Crippen LogP contribution >= 0.6 is 0 Å². The molecule has 0 radical (unpaired) electrons. The van der Waals surface area contributed by atoms with Crippen molar-refractivity contribution >= 4 is 16.7 Å². The van der Waals surface area contributed by atoms with Crippen molar-refractivity contribution < 1.29 is 19.0 Å². The van der Waals surface area contributed by atoms with E-state index < -0.39 is 0 Å². The average Bonchev–Trinajstić information content (AvgIpc) is 2.86. The molecule has 0 amide bonds. The molecular formula is C27H25NO5. The van der Waals surface area contributed by atoms with Crippen LogP contribution in [-0.4, -0.2) is 31.2 Å². The molecule has 1 aromatic heterocycles. The average molecular weight is 443 g/mol. The molecule has 0 aliphatic carbocycles. The van der Waals surface area contributed by atoms with E-state index in [1.54, 1.807) is 56.8 Å². The van der Waals surface area contributed by atoms with Crippen LogP contribution in [-0.2, 0) is 6.54 Å². The first-order chi connectivity index (χ1) is 16.0. The molecule has 4 aromatic rings. The summed E-state index contributed by atoms with van der Waals surface area (Å²) in [6.07, 6.45) is 1.63. The van der Waals surface area contributed by atoms with Gasteiger partial charge in [-0.15, -0.1) is 0 Å². The van der Waals surface area contributed by atoms with E-state index in [0.29, 0.717) is 41.1 Å². The number of aromatic nitrogens is 1. The molecule has 0 saturated carbocycles. The van der Waals surface area contributed by atoms with E-state index >= 15 is 0 Å². The molecule has 0 saturated heterocycles. The lowest BCUT2D eigenvalue weighted by atomic mass is 10.0. The number of nitrogens with zero attached hydrogens (tertiary/aromatic N) is 1. The normalized spacial score (nSPS) is 10.8. The first-order valence-corrected chi connectivity index (χ1v) is 10.7. The van der Waals surface area contributed by atoms with Crippen molar-refractivity contribution in [3.05, 3.63) is 99.8 Å². The minimum Gasteiger partial charge on any atom is -0.497 e. The van der Waals surface area contributed by atoms with Crippen LogP contribution in [0.3, 0.4) is 0 Å². The number of ether oxygens (including phenoxy) is 3. The van der Waals surface area contributed by atoms with E-state index in [2.05, 4.69) is 0 Å². The molecule has 0 atom stereocenters. The van der Waals surface area contributed by atoms with Crippen molar-refractivity contribution in [2.75, 3.05) is 20.8 Å². The third-order valence-corrected chi connectivity index (χ3v) is 5.45. The molecular weight excluding hydrogens is 418 g/mol. The van der Waals surface area contributed by atoms with Crippen molar-refractivity contribution in [2.24, 2.45) is 0 Å². The van der Waals surface area contributed by atoms with Crippen LogP contribution in [0.25, 0.3) is 10.9 Å². The molecule has 168 valence electrons. The van der Waals surface area contributed by atoms with E-state index in [1.165, 1.54) is 0 Å². The Bertz CT molecular complexity index is 1360. The summed E-state index contributed by atoms with van der Waals surface area (Å²) in [6.45, 7) is 2.89. The molecule has 1 heterocycles. The molecule has 6 nitrogen and oxygen atoms in total. The molecule has 0 aliphatic heterocycles. The van der Waals surface area contributed by atoms with Gasteiger partial charge in [0.2, 0.25) is 5.43 Å². The van der Waals surface area contributed by atoms with Gasteiger partial charge in [-0.25, -0.2) is 0 Å². The first kappa shape index (κ1) is 22.1. The third-order valence-electron chi connectivity index (χ3n) is 5.45. The molecule has 0 bridgehead atoms. The topological polar surface area (TPSA) is 66.8 Å². The SMILES string of the molecule is CCOc1ccc(C(=O)c2cn(Cc3cccc(OC)c3)c3ccc(OC)cc3c2=O)cc1. The Morgan fingerprint density at radius 1 is 0.879 bits per heavy atom. The van der Waals surface area contributed by atoms with Crippen molar-refractivity contribution in [2.45, 2.75) is 13.5 Å². The molecule has 4 rings (SSSR count). The number of fused-ring (bicyclic) bond motifs is 1. The standard InChI is InChI=1S/C27H25NO5/c1-4-33-20-10-8-19(9-11-20)26(29)24-17-28(16-18-6-5-7-21(14-18)31-2)25-13-12-22(32-3)15-23(25)27(24)30/h5-15,17H,4,16H2,1-3H3. The van der Waals surface area contributed by atoms with E-state index in [0.717, 1.165) is 11.3 Å². The zero-order valence-corrected chi connectivity index (χ0v) is 18.8. The highest BCUT2D eigenvalue weighted by Gasteiger charge is 2.18. The highest BCUT2D eigenvalue weighted by Crippen LogP contribution is 2.23. The fraction of sp³-hybridized carbons (Fsp3) is 0.185. The number of rotatable bonds is 8. The van der Waals surface area contributed by atoms with Crippen molar-refractivity contribution in [1.29, 1.82) is 0 Å². The highest BCUT2D eigenvalue weighted by atomic mass is 16.5. The molecule has 33 heavy (non-hydrogen) atoms. The quantitative estimate of drug-likeness (QED) is 0.370. The maximum atomic E-state index is 13.4. The predicted molar refractivity (Wildman–Crippen MR) is 128 cm³/mol. The number of carbonyl (C=O) groups is 1. The fourth-order valence-electron chi connectivity index (χ4n) is 3.79. The second-order valence-electron chi connectivity index (χ2n) is 7.52. The van der Waals surface area contributed by atoms with E-state index in [9.17, 15) is 9.59 Å². The lowest BCUT2D eigenvalue weighted by Gasteiger charge is -2.15. The highest BCUT2D eigenvalue weighted by molar-refractivity contribution is 6.10. The molecule has 0 unspecified atom stereocenters. The van der Waals surface area contributed by atoms with Crippen molar-refractivity contribution in [3.8, 4) is 17.2 Å². The van der Waals surface area contributed by atoms with Crippen LogP contribution in [0.15, 0.2) is 77.7 Å². The van der Waals surface area contributed by atoms with Crippen LogP contribution < -0.4 is 19.6 Å². The number of hydrogen-bond donors (Lipinski definition) is 0. The summed E-state index contributed by atoms with van der Waals surface area (Å²) in [7, 11) is 3.17. The lowest BCUT2D eigenvalue weighted by Crippen LogP contribution is -2.20. The van der Waals surface area contributed by atoms with Crippen molar-refractivity contribution in [1.82, 2.24) is 4.57 Å². The lowest BCUT2D eigenvalue weighted by molar-refractivity contribution is 0.103. The summed E-state index contributed by atoms with van der Waals surface area (Å²) in [4.78, 5) is 26.7. The van der Waals surface area contributed by atoms with Gasteiger partial charge >= 0.3 is 0 Å². The van der Waals surface area contributed by atoms with Gasteiger partial charge in [-0.3, -0.25) is 9.59 Å². The van der Waals surface area contributed by atoms with Gasteiger partial charge < -0.3 is 18.8 Å². The van der Waals surface area contributed by atoms with Crippen LogP contribution in [0, 0.1) is 0 Å². The molecule has 0 fully saturated rings. The molecule has 0 N–H and O–H groups in total. The predicted octanol–water partition coefficient (Wildman–Crippen LogP) is 4.70. The maximum Gasteiger partial charge on any atom is 0.200 e. The van der Waals surface area contributed by atoms with Gasteiger partial charge in [0.25, 0.3) is 0 Å². The fourth-order valence-corrected chi connectivity index (χ4v) is 3.79. The minimum atomic E-state index is -0.341. The molecule has 6 heteroatoms. The number of hydrogen-bond acceptors (Lipinski definition) is 5. The molecule has 3 aromatic carbocycles. The van der Waals surface area contributed by atoms with Crippen LogP contribution in [0.1, 0.15) is 28.4 Å². The number of methoxy groups -OCH3 is 2. The number of pyridine rings is 1. The Balaban J connectivity index is 1.84. The monoisotopic (exact) mass is 443 g/mol. The Morgan fingerprint density at radius 2 is 1.58 bits per heavy atom. The Morgan fingerprint density at radius 3 is 2.27 bits per heavy atom. The summed E-state index contributed by atoms with van der Waals surface area (Å²) in [5, 5.41) is 0.425. The van der Waals surface area contributed by atoms with Gasteiger partial charge in [0.15, 0.2) is 5.78 Å². The van der Waals surface area contributed by atoms with Crippen LogP contribution in [0.5, 0.6) is 17.2 Å². The van der Waals surface area contributed by atoms with Gasteiger partial charge in [0, 0.05) is 18.3 Å². The Kier molecular flexibility index (Phi) is 6.45. The van der Waals surface area contributed by atoms with Gasteiger partial charge in [-0.05, 0) is 67.1 Å². The van der Waals surface area contributed by atoms with Gasteiger partial charge in [-0.2, -0.15) is 0 Å². The second kappa shape index (κ2) is 9.61. The second-order valence-corrected chi connectivity index (χ2v) is 7.52. The van der Waals surface area contributed by atoms with Gasteiger partial charge in [0.05, 0.1) is 37.3 Å². The number of carbonyl (C=O) groups excluding carboxylic acids is 1. The first-order valence-electron chi connectivity index (χ1n) is 10.7. The number of ketones is 1. The summed E-state index contributed by atoms with van der Waals surface area (Å²) in [6, 6.07) is 19.8. The van der Waals surface area contributed by atoms with Gasteiger partial charge in [-0.1, -0.05) is 12.1 Å². The Hall–Kier alpha value is -4.06. The largest absolute Gasteiger partial charge is 0.497 e. The summed E-state index contributed by atoms with van der Waals surface area (Å²) < 4.78 is 18.0. The minimum absolute atomic E-state index is 0.0998. The van der Waals surface area contributed by atoms with Crippen LogP contribution in [0.2, 0.25) is 0 Å². The van der Waals surface area contributed by atoms with Crippen molar-refractivity contribution in [3.63, 3.8) is 0 Å². The maximum absolute atomic E-state index is 13.4. The summed E-state index contributed by atoms with van der Waals surface area (Å²) in [5.74, 6) is 1.63. The number of benzene rings is 3. The smallest absolute Gasteiger partial charge is 0.200 e. The zero-order valence-electron chi connectivity index (χ0n) is 18.8. The third kappa shape index (κ3) is 4.60. The van der Waals surface area contributed by atoms with E-state index in [4.69, 9.17) is 14.2 Å². The molecule has 0 aliphatic rings. The van der Waals surface area contributed by atoms with E-state index in [1.807, 2.05) is 41.8 Å². The summed E-state index contributed by atoms with van der Waals surface area (Å²) >= 11 is 0. The zero-order chi connectivity index (χ0) is 23.4. The van der Waals surface area contributed by atoms with Crippen LogP contribution in [0.4, 0.5) is 0 Å². The Labute approximate surface area is 192 Å². The molecule has 0 spiro atoms.